The van der Waals surface area contributed by atoms with Crippen LogP contribution in [0.25, 0.3) is 16.6 Å². The van der Waals surface area contributed by atoms with Gasteiger partial charge in [-0.1, -0.05) is 74.5 Å². The summed E-state index contributed by atoms with van der Waals surface area (Å²) in [6.45, 7) is 6.21. The molecule has 0 saturated carbocycles. The largest absolute Gasteiger partial charge is 0.423 e. The Kier molecular flexibility index (Phi) is 8.72. The predicted molar refractivity (Wildman–Crippen MR) is 145 cm³/mol. The van der Waals surface area contributed by atoms with Gasteiger partial charge in [-0.3, -0.25) is 9.59 Å². The standard InChI is InChI=1S/C30H33N3O4/c1-3-32(4-2)21-24(34)20-31-30(36)28-29(37-27(35)19-22-13-7-5-8-14-22)25-17-11-12-18-26(25)33(28)23-15-9-6-10-16-23/h5-18,24,34H,3-4,19-21H2,1-2H3,(H,31,36). The van der Waals surface area contributed by atoms with Crippen molar-refractivity contribution in [1.29, 1.82) is 0 Å². The second-order valence-electron chi connectivity index (χ2n) is 8.85. The molecule has 0 spiro atoms. The molecule has 0 fully saturated rings. The van der Waals surface area contributed by atoms with Crippen molar-refractivity contribution in [2.45, 2.75) is 26.4 Å². The number of carbonyl (C=O) groups excluding carboxylic acids is 2. The second kappa shape index (κ2) is 12.3. The van der Waals surface area contributed by atoms with Gasteiger partial charge in [0.05, 0.1) is 18.0 Å². The Morgan fingerprint density at radius 2 is 1.54 bits per heavy atom. The van der Waals surface area contributed by atoms with Crippen molar-refractivity contribution in [3.63, 3.8) is 0 Å². The zero-order valence-corrected chi connectivity index (χ0v) is 21.3. The van der Waals surface area contributed by atoms with Gasteiger partial charge in [-0.15, -0.1) is 0 Å². The first-order valence-electron chi connectivity index (χ1n) is 12.6. The lowest BCUT2D eigenvalue weighted by molar-refractivity contribution is -0.133. The number of benzene rings is 3. The Morgan fingerprint density at radius 1 is 0.919 bits per heavy atom. The van der Waals surface area contributed by atoms with E-state index < -0.39 is 18.0 Å². The second-order valence-corrected chi connectivity index (χ2v) is 8.85. The Morgan fingerprint density at radius 3 is 2.22 bits per heavy atom. The zero-order chi connectivity index (χ0) is 26.2. The van der Waals surface area contributed by atoms with Crippen molar-refractivity contribution < 1.29 is 19.4 Å². The Balaban J connectivity index is 1.71. The van der Waals surface area contributed by atoms with Crippen LogP contribution in [0.2, 0.25) is 0 Å². The van der Waals surface area contributed by atoms with Gasteiger partial charge in [0.25, 0.3) is 5.91 Å². The number of hydrogen-bond donors (Lipinski definition) is 2. The number of amides is 1. The SMILES string of the molecule is CCN(CC)CC(O)CNC(=O)c1c(OC(=O)Cc2ccccc2)c2ccccc2n1-c1ccccc1. The number of esters is 1. The van der Waals surface area contributed by atoms with Crippen LogP contribution in [0.15, 0.2) is 84.9 Å². The van der Waals surface area contributed by atoms with E-state index >= 15 is 0 Å². The van der Waals surface area contributed by atoms with Crippen molar-refractivity contribution in [2.24, 2.45) is 0 Å². The highest BCUT2D eigenvalue weighted by Gasteiger charge is 2.27. The molecule has 1 atom stereocenters. The summed E-state index contributed by atoms with van der Waals surface area (Å²) < 4.78 is 7.70. The van der Waals surface area contributed by atoms with Gasteiger partial charge in [0, 0.05) is 24.2 Å². The smallest absolute Gasteiger partial charge is 0.315 e. The number of fused-ring (bicyclic) bond motifs is 1. The Bertz CT molecular complexity index is 1330. The third-order valence-corrected chi connectivity index (χ3v) is 6.33. The fourth-order valence-corrected chi connectivity index (χ4v) is 4.41. The van der Waals surface area contributed by atoms with Crippen LogP contribution in [0.3, 0.4) is 0 Å². The molecule has 7 heteroatoms. The van der Waals surface area contributed by atoms with Crippen molar-refractivity contribution in [3.8, 4) is 11.4 Å². The molecule has 0 radical (unpaired) electrons. The average Bonchev–Trinajstić information content (AvgIpc) is 3.25. The van der Waals surface area contributed by atoms with E-state index in [0.717, 1.165) is 29.9 Å². The highest BCUT2D eigenvalue weighted by Crippen LogP contribution is 2.36. The number of rotatable bonds is 11. The summed E-state index contributed by atoms with van der Waals surface area (Å²) in [5.74, 6) is -0.685. The molecule has 0 aliphatic heterocycles. The lowest BCUT2D eigenvalue weighted by atomic mass is 10.1. The molecule has 1 amide bonds. The molecule has 4 aromatic rings. The van der Waals surface area contributed by atoms with E-state index in [2.05, 4.69) is 10.2 Å². The molecule has 7 nitrogen and oxygen atoms in total. The maximum Gasteiger partial charge on any atom is 0.315 e. The van der Waals surface area contributed by atoms with Crippen LogP contribution < -0.4 is 10.1 Å². The lowest BCUT2D eigenvalue weighted by Crippen LogP contribution is -2.40. The highest BCUT2D eigenvalue weighted by atomic mass is 16.5. The van der Waals surface area contributed by atoms with Crippen LogP contribution in [0, 0.1) is 0 Å². The number of para-hydroxylation sites is 2. The summed E-state index contributed by atoms with van der Waals surface area (Å²) in [6, 6.07) is 26.3. The summed E-state index contributed by atoms with van der Waals surface area (Å²) in [5.41, 5.74) is 2.54. The van der Waals surface area contributed by atoms with Crippen LogP contribution in [0.5, 0.6) is 5.75 Å². The van der Waals surface area contributed by atoms with E-state index in [-0.39, 0.29) is 24.4 Å². The molecule has 0 aliphatic carbocycles. The molecule has 0 bridgehead atoms. The molecule has 1 heterocycles. The molecule has 1 aromatic heterocycles. The summed E-state index contributed by atoms with van der Waals surface area (Å²) in [6.07, 6.45) is -0.655. The number of aromatic nitrogens is 1. The molecular weight excluding hydrogens is 466 g/mol. The van der Waals surface area contributed by atoms with Gasteiger partial charge >= 0.3 is 5.97 Å². The molecule has 4 rings (SSSR count). The van der Waals surface area contributed by atoms with Crippen LogP contribution in [0.1, 0.15) is 29.9 Å². The first-order valence-corrected chi connectivity index (χ1v) is 12.6. The molecule has 2 N–H and O–H groups in total. The first-order chi connectivity index (χ1) is 18.0. The summed E-state index contributed by atoms with van der Waals surface area (Å²) in [5, 5.41) is 14.0. The molecule has 192 valence electrons. The monoisotopic (exact) mass is 499 g/mol. The van der Waals surface area contributed by atoms with Crippen LogP contribution >= 0.6 is 0 Å². The number of nitrogens with zero attached hydrogens (tertiary/aromatic N) is 2. The van der Waals surface area contributed by atoms with Gasteiger partial charge in [0.1, 0.15) is 0 Å². The van der Waals surface area contributed by atoms with E-state index in [1.165, 1.54) is 0 Å². The summed E-state index contributed by atoms with van der Waals surface area (Å²) in [7, 11) is 0. The molecule has 3 aromatic carbocycles. The fourth-order valence-electron chi connectivity index (χ4n) is 4.41. The van der Waals surface area contributed by atoms with Gasteiger partial charge in [-0.25, -0.2) is 0 Å². The number of likely N-dealkylation sites (N-methyl/N-ethyl adjacent to an activating group) is 1. The minimum atomic E-state index is -0.734. The zero-order valence-electron chi connectivity index (χ0n) is 21.3. The van der Waals surface area contributed by atoms with Crippen LogP contribution in [-0.4, -0.2) is 58.7 Å². The molecular formula is C30H33N3O4. The summed E-state index contributed by atoms with van der Waals surface area (Å²) >= 11 is 0. The van der Waals surface area contributed by atoms with Crippen LogP contribution in [0.4, 0.5) is 0 Å². The van der Waals surface area contributed by atoms with Crippen molar-refractivity contribution >= 4 is 22.8 Å². The number of nitrogens with one attached hydrogen (secondary N) is 1. The Labute approximate surface area is 217 Å². The number of aliphatic hydroxyl groups is 1. The van der Waals surface area contributed by atoms with Crippen molar-refractivity contribution in [3.05, 3.63) is 96.2 Å². The number of hydrogen-bond acceptors (Lipinski definition) is 5. The first kappa shape index (κ1) is 26.1. The highest BCUT2D eigenvalue weighted by molar-refractivity contribution is 6.06. The van der Waals surface area contributed by atoms with E-state index in [1.807, 2.05) is 98.8 Å². The van der Waals surface area contributed by atoms with Gasteiger partial charge in [0.15, 0.2) is 11.4 Å². The third-order valence-electron chi connectivity index (χ3n) is 6.33. The lowest BCUT2D eigenvalue weighted by Gasteiger charge is -2.22. The van der Waals surface area contributed by atoms with Crippen molar-refractivity contribution in [2.75, 3.05) is 26.2 Å². The number of carbonyl (C=O) groups is 2. The average molecular weight is 500 g/mol. The van der Waals surface area contributed by atoms with Gasteiger partial charge in [-0.2, -0.15) is 0 Å². The molecule has 37 heavy (non-hydrogen) atoms. The normalized spacial score (nSPS) is 12.0. The van der Waals surface area contributed by atoms with Gasteiger partial charge < -0.3 is 24.6 Å². The number of ether oxygens (including phenoxy) is 1. The van der Waals surface area contributed by atoms with Crippen LogP contribution in [-0.2, 0) is 11.2 Å². The molecule has 0 saturated heterocycles. The van der Waals surface area contributed by atoms with E-state index in [9.17, 15) is 14.7 Å². The van der Waals surface area contributed by atoms with Gasteiger partial charge in [-0.05, 0) is 42.9 Å². The van der Waals surface area contributed by atoms with E-state index in [1.54, 1.807) is 4.57 Å². The maximum absolute atomic E-state index is 13.7. The maximum atomic E-state index is 13.7. The van der Waals surface area contributed by atoms with E-state index in [0.29, 0.717) is 11.9 Å². The fraction of sp³-hybridized carbons (Fsp3) is 0.267. The quantitative estimate of drug-likeness (QED) is 0.302. The molecule has 0 aliphatic rings. The minimum Gasteiger partial charge on any atom is -0.423 e. The van der Waals surface area contributed by atoms with E-state index in [4.69, 9.17) is 4.74 Å². The molecule has 1 unspecified atom stereocenters. The Hall–Kier alpha value is -3.94. The topological polar surface area (TPSA) is 83.8 Å². The third kappa shape index (κ3) is 6.25. The van der Waals surface area contributed by atoms with Crippen molar-refractivity contribution in [1.82, 2.24) is 14.8 Å². The minimum absolute atomic E-state index is 0.0725. The predicted octanol–water partition coefficient (Wildman–Crippen LogP) is 4.21. The van der Waals surface area contributed by atoms with Gasteiger partial charge in [0.2, 0.25) is 0 Å². The number of aliphatic hydroxyl groups excluding tert-OH is 1. The summed E-state index contributed by atoms with van der Waals surface area (Å²) in [4.78, 5) is 28.7.